The van der Waals surface area contributed by atoms with E-state index in [9.17, 15) is 4.39 Å². The third-order valence-corrected chi connectivity index (χ3v) is 3.76. The van der Waals surface area contributed by atoms with Crippen LogP contribution in [0.5, 0.6) is 0 Å². The fraction of sp³-hybridized carbons (Fsp3) is 0.611. The van der Waals surface area contributed by atoms with Gasteiger partial charge in [0.05, 0.1) is 0 Å². The Kier molecular flexibility index (Phi) is 9.29. The first-order valence-electron chi connectivity index (χ1n) is 8.45. The maximum atomic E-state index is 13.0. The van der Waals surface area contributed by atoms with Gasteiger partial charge < -0.3 is 15.3 Å². The maximum Gasteiger partial charge on any atom is 0.193 e. The van der Waals surface area contributed by atoms with E-state index in [1.54, 1.807) is 12.1 Å². The van der Waals surface area contributed by atoms with Crippen molar-refractivity contribution in [1.82, 2.24) is 10.2 Å². The Morgan fingerprint density at radius 2 is 1.96 bits per heavy atom. The molecule has 0 fully saturated rings. The highest BCUT2D eigenvalue weighted by Gasteiger charge is 2.10. The van der Waals surface area contributed by atoms with Crippen LogP contribution < -0.4 is 5.32 Å². The normalized spacial score (nSPS) is 13.0. The molecule has 0 aromatic heterocycles. The first-order chi connectivity index (χ1) is 11.1. The molecule has 0 heterocycles. The standard InChI is InChI=1S/C18H30FN3O/c1-4-6-15(11-12-23)13-21-18(20-5-2)22(3)14-16-7-9-17(19)10-8-16/h7-10,15,23H,4-6,11-14H2,1-3H3,(H,20,21). The second-order valence-electron chi connectivity index (χ2n) is 5.84. The van der Waals surface area contributed by atoms with Crippen LogP contribution in [-0.4, -0.2) is 42.7 Å². The van der Waals surface area contributed by atoms with Gasteiger partial charge in [-0.3, -0.25) is 4.99 Å². The summed E-state index contributed by atoms with van der Waals surface area (Å²) in [5, 5.41) is 12.4. The molecule has 0 bridgehead atoms. The summed E-state index contributed by atoms with van der Waals surface area (Å²) in [4.78, 5) is 6.75. The molecule has 1 unspecified atom stereocenters. The number of halogens is 1. The summed E-state index contributed by atoms with van der Waals surface area (Å²) >= 11 is 0. The molecule has 1 aromatic rings. The highest BCUT2D eigenvalue weighted by atomic mass is 19.1. The first kappa shape index (κ1) is 19.4. The lowest BCUT2D eigenvalue weighted by Crippen LogP contribution is -2.38. The summed E-state index contributed by atoms with van der Waals surface area (Å²) in [7, 11) is 1.98. The van der Waals surface area contributed by atoms with Gasteiger partial charge in [-0.15, -0.1) is 0 Å². The van der Waals surface area contributed by atoms with E-state index in [-0.39, 0.29) is 12.4 Å². The number of aliphatic hydroxyl groups is 1. The van der Waals surface area contributed by atoms with Gasteiger partial charge in [-0.25, -0.2) is 4.39 Å². The molecule has 0 aliphatic rings. The maximum absolute atomic E-state index is 13.0. The Bertz CT molecular complexity index is 456. The summed E-state index contributed by atoms with van der Waals surface area (Å²) < 4.78 is 13.0. The molecule has 0 spiro atoms. The molecule has 23 heavy (non-hydrogen) atoms. The van der Waals surface area contributed by atoms with Crippen molar-refractivity contribution in [3.63, 3.8) is 0 Å². The molecular weight excluding hydrogens is 293 g/mol. The Morgan fingerprint density at radius 1 is 1.26 bits per heavy atom. The van der Waals surface area contributed by atoms with Gasteiger partial charge in [-0.05, 0) is 43.4 Å². The molecule has 0 aliphatic carbocycles. The van der Waals surface area contributed by atoms with Crippen LogP contribution in [0.3, 0.4) is 0 Å². The van der Waals surface area contributed by atoms with Gasteiger partial charge in [0.2, 0.25) is 0 Å². The van der Waals surface area contributed by atoms with Crippen LogP contribution in [0.1, 0.15) is 38.7 Å². The van der Waals surface area contributed by atoms with Crippen molar-refractivity contribution in [3.05, 3.63) is 35.6 Å². The topological polar surface area (TPSA) is 47.9 Å². The Morgan fingerprint density at radius 3 is 2.52 bits per heavy atom. The third kappa shape index (κ3) is 7.46. The van der Waals surface area contributed by atoms with E-state index in [1.165, 1.54) is 12.1 Å². The van der Waals surface area contributed by atoms with Gasteiger partial charge in [0, 0.05) is 33.3 Å². The lowest BCUT2D eigenvalue weighted by Gasteiger charge is -2.23. The number of benzene rings is 1. The molecule has 2 N–H and O–H groups in total. The minimum Gasteiger partial charge on any atom is -0.396 e. The van der Waals surface area contributed by atoms with Crippen LogP contribution in [-0.2, 0) is 6.54 Å². The lowest BCUT2D eigenvalue weighted by molar-refractivity contribution is 0.253. The van der Waals surface area contributed by atoms with E-state index in [4.69, 9.17) is 10.1 Å². The second kappa shape index (κ2) is 11.0. The lowest BCUT2D eigenvalue weighted by atomic mass is 10.0. The third-order valence-electron chi connectivity index (χ3n) is 3.76. The molecule has 0 aliphatic heterocycles. The number of nitrogens with one attached hydrogen (secondary N) is 1. The second-order valence-corrected chi connectivity index (χ2v) is 5.84. The Hall–Kier alpha value is -1.62. The zero-order valence-electron chi connectivity index (χ0n) is 14.6. The van der Waals surface area contributed by atoms with Crippen molar-refractivity contribution in [2.45, 2.75) is 39.7 Å². The molecule has 0 amide bonds. The molecule has 1 aromatic carbocycles. The van der Waals surface area contributed by atoms with E-state index in [0.717, 1.165) is 37.3 Å². The molecule has 1 atom stereocenters. The average molecular weight is 323 g/mol. The van der Waals surface area contributed by atoms with Gasteiger partial charge in [0.1, 0.15) is 5.82 Å². The summed E-state index contributed by atoms with van der Waals surface area (Å²) in [6.07, 6.45) is 2.96. The van der Waals surface area contributed by atoms with Crippen molar-refractivity contribution in [2.75, 3.05) is 26.7 Å². The molecule has 0 radical (unpaired) electrons. The SMILES string of the molecule is CCCC(CCO)CN=C(NCC)N(C)Cc1ccc(F)cc1. The molecule has 0 saturated carbocycles. The van der Waals surface area contributed by atoms with Crippen LogP contribution in [0.15, 0.2) is 29.3 Å². The number of hydrogen-bond acceptors (Lipinski definition) is 2. The number of rotatable bonds is 9. The van der Waals surface area contributed by atoms with Crippen LogP contribution in [0.25, 0.3) is 0 Å². The molecule has 4 nitrogen and oxygen atoms in total. The zero-order valence-corrected chi connectivity index (χ0v) is 14.6. The predicted octanol–water partition coefficient (Wildman–Crippen LogP) is 3.02. The monoisotopic (exact) mass is 323 g/mol. The van der Waals surface area contributed by atoms with Gasteiger partial charge in [0.15, 0.2) is 5.96 Å². The Balaban J connectivity index is 2.70. The van der Waals surface area contributed by atoms with E-state index in [0.29, 0.717) is 19.0 Å². The number of aliphatic hydroxyl groups excluding tert-OH is 1. The van der Waals surface area contributed by atoms with Gasteiger partial charge in [0.25, 0.3) is 0 Å². The van der Waals surface area contributed by atoms with Crippen LogP contribution in [0.4, 0.5) is 4.39 Å². The first-order valence-corrected chi connectivity index (χ1v) is 8.45. The Labute approximate surface area is 139 Å². The van der Waals surface area contributed by atoms with Crippen LogP contribution in [0, 0.1) is 11.7 Å². The fourth-order valence-electron chi connectivity index (χ4n) is 2.54. The van der Waals surface area contributed by atoms with E-state index >= 15 is 0 Å². The summed E-state index contributed by atoms with van der Waals surface area (Å²) in [5.41, 5.74) is 1.04. The molecule has 5 heteroatoms. The largest absolute Gasteiger partial charge is 0.396 e. The van der Waals surface area contributed by atoms with Crippen molar-refractivity contribution < 1.29 is 9.50 Å². The number of guanidine groups is 1. The quantitative estimate of drug-likeness (QED) is 0.542. The summed E-state index contributed by atoms with van der Waals surface area (Å²) in [6.45, 7) is 6.58. The molecule has 0 saturated heterocycles. The molecule has 1 rings (SSSR count). The summed E-state index contributed by atoms with van der Waals surface area (Å²) in [5.74, 6) is 1.04. The van der Waals surface area contributed by atoms with Crippen molar-refractivity contribution >= 4 is 5.96 Å². The van der Waals surface area contributed by atoms with Crippen LogP contribution >= 0.6 is 0 Å². The van der Waals surface area contributed by atoms with Crippen LogP contribution in [0.2, 0.25) is 0 Å². The highest BCUT2D eigenvalue weighted by molar-refractivity contribution is 5.79. The highest BCUT2D eigenvalue weighted by Crippen LogP contribution is 2.12. The van der Waals surface area contributed by atoms with E-state index in [2.05, 4.69) is 12.2 Å². The smallest absolute Gasteiger partial charge is 0.193 e. The average Bonchev–Trinajstić information content (AvgIpc) is 2.53. The van der Waals surface area contributed by atoms with Crippen molar-refractivity contribution in [3.8, 4) is 0 Å². The fourth-order valence-corrected chi connectivity index (χ4v) is 2.54. The summed E-state index contributed by atoms with van der Waals surface area (Å²) in [6, 6.07) is 6.54. The number of aliphatic imine (C=N–C) groups is 1. The minimum atomic E-state index is -0.219. The molecular formula is C18H30FN3O. The number of nitrogens with zero attached hydrogens (tertiary/aromatic N) is 2. The predicted molar refractivity (Wildman–Crippen MR) is 93.9 cm³/mol. The van der Waals surface area contributed by atoms with Gasteiger partial charge >= 0.3 is 0 Å². The minimum absolute atomic E-state index is 0.210. The number of hydrogen-bond donors (Lipinski definition) is 2. The van der Waals surface area contributed by atoms with Crippen molar-refractivity contribution in [2.24, 2.45) is 10.9 Å². The molecule has 130 valence electrons. The van der Waals surface area contributed by atoms with E-state index < -0.39 is 0 Å². The van der Waals surface area contributed by atoms with Crippen molar-refractivity contribution in [1.29, 1.82) is 0 Å². The van der Waals surface area contributed by atoms with Gasteiger partial charge in [-0.1, -0.05) is 25.5 Å². The zero-order chi connectivity index (χ0) is 17.1. The van der Waals surface area contributed by atoms with E-state index in [1.807, 2.05) is 18.9 Å². The van der Waals surface area contributed by atoms with Gasteiger partial charge in [-0.2, -0.15) is 0 Å².